The van der Waals surface area contributed by atoms with E-state index >= 15 is 0 Å². The molecule has 23 heavy (non-hydrogen) atoms. The third-order valence-corrected chi connectivity index (χ3v) is 4.54. The van der Waals surface area contributed by atoms with Gasteiger partial charge in [0.25, 0.3) is 5.16 Å². The zero-order valence-electron chi connectivity index (χ0n) is 11.7. The SMILES string of the molecule is Cc1ncc(F)c2nc(S(=O)(=O)Cc3c(F)cccc3F)nn12. The fourth-order valence-corrected chi connectivity index (χ4v) is 3.21. The molecular formula is C13H9F3N4O2S. The summed E-state index contributed by atoms with van der Waals surface area (Å²) in [5, 5.41) is 2.94. The second-order valence-corrected chi connectivity index (χ2v) is 6.63. The Morgan fingerprint density at radius 2 is 1.78 bits per heavy atom. The molecule has 0 radical (unpaired) electrons. The number of rotatable bonds is 3. The average molecular weight is 342 g/mol. The number of benzene rings is 1. The summed E-state index contributed by atoms with van der Waals surface area (Å²) in [6.07, 6.45) is 0.881. The molecule has 10 heteroatoms. The number of nitrogens with zero attached hydrogens (tertiary/aromatic N) is 4. The molecule has 0 spiro atoms. The Balaban J connectivity index is 2.10. The van der Waals surface area contributed by atoms with E-state index in [1.165, 1.54) is 6.92 Å². The van der Waals surface area contributed by atoms with E-state index in [1.807, 2.05) is 0 Å². The van der Waals surface area contributed by atoms with Crippen molar-refractivity contribution in [3.63, 3.8) is 0 Å². The summed E-state index contributed by atoms with van der Waals surface area (Å²) in [4.78, 5) is 7.29. The van der Waals surface area contributed by atoms with Gasteiger partial charge in [0.05, 0.1) is 11.9 Å². The first-order chi connectivity index (χ1) is 10.8. The topological polar surface area (TPSA) is 77.2 Å². The van der Waals surface area contributed by atoms with Gasteiger partial charge in [0.15, 0.2) is 11.5 Å². The largest absolute Gasteiger partial charge is 0.268 e. The minimum atomic E-state index is -4.27. The van der Waals surface area contributed by atoms with E-state index in [4.69, 9.17) is 0 Å². The van der Waals surface area contributed by atoms with Crippen molar-refractivity contribution in [2.75, 3.05) is 0 Å². The molecule has 1 aromatic carbocycles. The van der Waals surface area contributed by atoms with Crippen LogP contribution in [0.5, 0.6) is 0 Å². The van der Waals surface area contributed by atoms with Crippen LogP contribution in [0.15, 0.2) is 29.6 Å². The van der Waals surface area contributed by atoms with Crippen LogP contribution in [-0.2, 0) is 15.6 Å². The molecular weight excluding hydrogens is 333 g/mol. The summed E-state index contributed by atoms with van der Waals surface area (Å²) in [6, 6.07) is 3.01. The molecule has 6 nitrogen and oxygen atoms in total. The second-order valence-electron chi connectivity index (χ2n) is 4.74. The molecule has 0 atom stereocenters. The van der Waals surface area contributed by atoms with Gasteiger partial charge < -0.3 is 0 Å². The monoisotopic (exact) mass is 342 g/mol. The molecule has 3 rings (SSSR count). The van der Waals surface area contributed by atoms with Crippen molar-refractivity contribution in [2.24, 2.45) is 0 Å². The van der Waals surface area contributed by atoms with Crippen LogP contribution >= 0.6 is 0 Å². The molecule has 0 unspecified atom stereocenters. The highest BCUT2D eigenvalue weighted by atomic mass is 32.2. The van der Waals surface area contributed by atoms with Gasteiger partial charge in [-0.15, -0.1) is 5.10 Å². The van der Waals surface area contributed by atoms with Crippen LogP contribution in [0.3, 0.4) is 0 Å². The highest BCUT2D eigenvalue weighted by molar-refractivity contribution is 7.90. The van der Waals surface area contributed by atoms with Gasteiger partial charge in [0.1, 0.15) is 17.5 Å². The lowest BCUT2D eigenvalue weighted by Crippen LogP contribution is -2.10. The summed E-state index contributed by atoms with van der Waals surface area (Å²) >= 11 is 0. The Morgan fingerprint density at radius 1 is 1.13 bits per heavy atom. The minimum Gasteiger partial charge on any atom is -0.238 e. The number of fused-ring (bicyclic) bond motifs is 1. The number of hydrogen-bond donors (Lipinski definition) is 0. The minimum absolute atomic E-state index is 0.215. The van der Waals surface area contributed by atoms with Crippen molar-refractivity contribution in [3.05, 3.63) is 53.2 Å². The van der Waals surface area contributed by atoms with Crippen molar-refractivity contribution in [1.29, 1.82) is 0 Å². The smallest absolute Gasteiger partial charge is 0.238 e. The molecule has 0 aliphatic heterocycles. The molecule has 2 aromatic heterocycles. The molecule has 0 bridgehead atoms. The van der Waals surface area contributed by atoms with E-state index in [9.17, 15) is 21.6 Å². The molecule has 0 aliphatic rings. The first-order valence-corrected chi connectivity index (χ1v) is 7.98. The Kier molecular flexibility index (Phi) is 3.55. The van der Waals surface area contributed by atoms with Crippen molar-refractivity contribution < 1.29 is 21.6 Å². The number of sulfone groups is 1. The average Bonchev–Trinajstić information content (AvgIpc) is 2.94. The van der Waals surface area contributed by atoms with Crippen LogP contribution in [-0.4, -0.2) is 28.0 Å². The molecule has 0 saturated carbocycles. The zero-order valence-corrected chi connectivity index (χ0v) is 12.5. The summed E-state index contributed by atoms with van der Waals surface area (Å²) in [5.74, 6) is -3.62. The van der Waals surface area contributed by atoms with Gasteiger partial charge in [-0.1, -0.05) is 6.07 Å². The molecule has 0 saturated heterocycles. The molecule has 3 aromatic rings. The number of aromatic nitrogens is 4. The van der Waals surface area contributed by atoms with E-state index in [-0.39, 0.29) is 11.5 Å². The lowest BCUT2D eigenvalue weighted by molar-refractivity contribution is 0.553. The molecule has 120 valence electrons. The molecule has 0 N–H and O–H groups in total. The van der Waals surface area contributed by atoms with Gasteiger partial charge in [0.2, 0.25) is 9.84 Å². The standard InChI is InChI=1S/C13H9F3N4O2S/c1-7-17-5-11(16)12-18-13(19-20(7)12)23(21,22)6-8-9(14)3-2-4-10(8)15/h2-5H,6H2,1H3. The van der Waals surface area contributed by atoms with Crippen LogP contribution in [0.1, 0.15) is 11.4 Å². The Hall–Kier alpha value is -2.49. The molecule has 2 heterocycles. The maximum Gasteiger partial charge on any atom is 0.268 e. The molecule has 0 aliphatic carbocycles. The Labute approximate surface area is 128 Å². The predicted octanol–water partition coefficient (Wildman–Crippen LogP) is 1.82. The maximum absolute atomic E-state index is 13.6. The highest BCUT2D eigenvalue weighted by Crippen LogP contribution is 2.20. The van der Waals surface area contributed by atoms with E-state index in [0.717, 1.165) is 28.9 Å². The van der Waals surface area contributed by atoms with Gasteiger partial charge in [-0.05, 0) is 19.1 Å². The zero-order chi connectivity index (χ0) is 16.8. The summed E-state index contributed by atoms with van der Waals surface area (Å²) in [7, 11) is -4.27. The lowest BCUT2D eigenvalue weighted by atomic mass is 10.2. The van der Waals surface area contributed by atoms with Crippen LogP contribution in [0.4, 0.5) is 13.2 Å². The number of halogens is 3. The Morgan fingerprint density at radius 3 is 2.39 bits per heavy atom. The number of aryl methyl sites for hydroxylation is 1. The van der Waals surface area contributed by atoms with Crippen molar-refractivity contribution in [2.45, 2.75) is 17.8 Å². The van der Waals surface area contributed by atoms with E-state index in [0.29, 0.717) is 0 Å². The van der Waals surface area contributed by atoms with Gasteiger partial charge in [-0.2, -0.15) is 9.50 Å². The summed E-state index contributed by atoms with van der Waals surface area (Å²) < 4.78 is 66.3. The van der Waals surface area contributed by atoms with Gasteiger partial charge >= 0.3 is 0 Å². The van der Waals surface area contributed by atoms with Crippen molar-refractivity contribution in [1.82, 2.24) is 19.6 Å². The van der Waals surface area contributed by atoms with Crippen LogP contribution in [0.25, 0.3) is 5.65 Å². The fourth-order valence-electron chi connectivity index (χ4n) is 1.99. The first-order valence-electron chi connectivity index (χ1n) is 6.33. The van der Waals surface area contributed by atoms with Crippen LogP contribution in [0, 0.1) is 24.4 Å². The Bertz CT molecular complexity index is 958. The van der Waals surface area contributed by atoms with Crippen molar-refractivity contribution >= 4 is 15.5 Å². The molecule has 0 fully saturated rings. The maximum atomic E-state index is 13.6. The van der Waals surface area contributed by atoms with E-state index < -0.39 is 43.8 Å². The lowest BCUT2D eigenvalue weighted by Gasteiger charge is -2.03. The summed E-state index contributed by atoms with van der Waals surface area (Å²) in [5.41, 5.74) is -0.952. The number of hydrogen-bond acceptors (Lipinski definition) is 5. The van der Waals surface area contributed by atoms with Gasteiger partial charge in [-0.3, -0.25) is 0 Å². The van der Waals surface area contributed by atoms with Gasteiger partial charge in [-0.25, -0.2) is 26.6 Å². The highest BCUT2D eigenvalue weighted by Gasteiger charge is 2.26. The predicted molar refractivity (Wildman–Crippen MR) is 72.7 cm³/mol. The van der Waals surface area contributed by atoms with Crippen LogP contribution < -0.4 is 0 Å². The first kappa shape index (κ1) is 15.4. The van der Waals surface area contributed by atoms with Crippen molar-refractivity contribution in [3.8, 4) is 0 Å². The third kappa shape index (κ3) is 2.65. The quantitative estimate of drug-likeness (QED) is 0.726. The second kappa shape index (κ2) is 5.30. The van der Waals surface area contributed by atoms with E-state index in [2.05, 4.69) is 15.1 Å². The van der Waals surface area contributed by atoms with Crippen LogP contribution in [0.2, 0.25) is 0 Å². The fraction of sp³-hybridized carbons (Fsp3) is 0.154. The molecule has 0 amide bonds. The third-order valence-electron chi connectivity index (χ3n) is 3.15. The normalized spacial score (nSPS) is 12.0. The van der Waals surface area contributed by atoms with E-state index in [1.54, 1.807) is 0 Å². The summed E-state index contributed by atoms with van der Waals surface area (Å²) in [6.45, 7) is 1.48. The van der Waals surface area contributed by atoms with Gasteiger partial charge in [0, 0.05) is 5.56 Å².